The summed E-state index contributed by atoms with van der Waals surface area (Å²) >= 11 is 0.120. The summed E-state index contributed by atoms with van der Waals surface area (Å²) < 4.78 is 39.8. The molecule has 0 aliphatic rings. The molecule has 0 heterocycles. The molecule has 0 spiro atoms. The van der Waals surface area contributed by atoms with Crippen LogP contribution in [0.1, 0.15) is 6.92 Å². The molecule has 0 bridgehead atoms. The molecule has 1 aromatic carbocycles. The van der Waals surface area contributed by atoms with Gasteiger partial charge in [-0.25, -0.2) is 0 Å². The Morgan fingerprint density at radius 3 is 2.15 bits per heavy atom. The van der Waals surface area contributed by atoms with E-state index in [0.717, 1.165) is 12.1 Å². The Kier molecular flexibility index (Phi) is 2.93. The summed E-state index contributed by atoms with van der Waals surface area (Å²) in [6.45, 7) is -4.61. The second-order valence-corrected chi connectivity index (χ2v) is 7.90. The summed E-state index contributed by atoms with van der Waals surface area (Å²) in [6, 6.07) is 6.71. The van der Waals surface area contributed by atoms with Gasteiger partial charge in [0.05, 0.1) is 0 Å². The van der Waals surface area contributed by atoms with Crippen LogP contribution < -0.4 is 5.30 Å². The molecule has 0 saturated heterocycles. The average Bonchev–Trinajstić information content (AvgIpc) is 2.05. The van der Waals surface area contributed by atoms with Crippen molar-refractivity contribution in [3.8, 4) is 0 Å². The van der Waals surface area contributed by atoms with Crippen LogP contribution in [0.2, 0.25) is 0 Å². The Balaban J connectivity index is 3.05. The first-order valence-corrected chi connectivity index (χ1v) is 7.32. The first-order valence-electron chi connectivity index (χ1n) is 3.82. The second-order valence-electron chi connectivity index (χ2n) is 2.50. The maximum atomic E-state index is 13.3. The van der Waals surface area contributed by atoms with Crippen molar-refractivity contribution in [2.75, 3.05) is 5.75 Å². The normalized spacial score (nSPS) is 14.9. The summed E-state index contributed by atoms with van der Waals surface area (Å²) in [6.07, 6.45) is 0. The standard InChI is InChI=1S/C8H10F3PS/c1-2-13-12(9,10,11)8-6-4-3-5-7-8/h3-7H,2H2,1H3. The molecular weight excluding hydrogens is 216 g/mol. The average molecular weight is 226 g/mol. The molecule has 0 aliphatic heterocycles. The van der Waals surface area contributed by atoms with Gasteiger partial charge in [-0.15, -0.1) is 0 Å². The van der Waals surface area contributed by atoms with Crippen LogP contribution in [0.25, 0.3) is 0 Å². The van der Waals surface area contributed by atoms with Crippen molar-refractivity contribution in [1.29, 1.82) is 0 Å². The van der Waals surface area contributed by atoms with E-state index in [1.807, 2.05) is 0 Å². The monoisotopic (exact) mass is 226 g/mol. The molecule has 0 amide bonds. The van der Waals surface area contributed by atoms with Gasteiger partial charge in [0.2, 0.25) is 0 Å². The molecule has 0 radical (unpaired) electrons. The van der Waals surface area contributed by atoms with Crippen molar-refractivity contribution in [3.05, 3.63) is 30.3 Å². The molecule has 0 unspecified atom stereocenters. The van der Waals surface area contributed by atoms with Crippen molar-refractivity contribution < 1.29 is 12.6 Å². The molecule has 0 aliphatic carbocycles. The number of rotatable bonds is 3. The first-order chi connectivity index (χ1) is 5.94. The summed E-state index contributed by atoms with van der Waals surface area (Å²) in [5, 5.41) is -0.472. The molecule has 0 aromatic heterocycles. The van der Waals surface area contributed by atoms with Gasteiger partial charge in [0.15, 0.2) is 0 Å². The van der Waals surface area contributed by atoms with Gasteiger partial charge in [-0.05, 0) is 0 Å². The Bertz CT molecular complexity index is 280. The third-order valence-electron chi connectivity index (χ3n) is 1.49. The van der Waals surface area contributed by atoms with E-state index in [9.17, 15) is 12.6 Å². The number of hydrogen-bond donors (Lipinski definition) is 0. The van der Waals surface area contributed by atoms with Crippen LogP contribution in [0, 0.1) is 0 Å². The molecule has 1 rings (SSSR count). The first kappa shape index (κ1) is 10.9. The Morgan fingerprint density at radius 1 is 1.15 bits per heavy atom. The van der Waals surface area contributed by atoms with Gasteiger partial charge in [0.25, 0.3) is 0 Å². The molecule has 5 heteroatoms. The van der Waals surface area contributed by atoms with Crippen LogP contribution in [0.15, 0.2) is 30.3 Å². The maximum absolute atomic E-state index is 13.3. The summed E-state index contributed by atoms with van der Waals surface area (Å²) in [5.74, 6) is 0.0796. The minimum atomic E-state index is -6.13. The molecular formula is C8H10F3PS. The van der Waals surface area contributed by atoms with Crippen molar-refractivity contribution in [2.24, 2.45) is 0 Å². The van der Waals surface area contributed by atoms with E-state index in [1.54, 1.807) is 6.07 Å². The van der Waals surface area contributed by atoms with Crippen molar-refractivity contribution in [3.63, 3.8) is 0 Å². The Morgan fingerprint density at radius 2 is 1.69 bits per heavy atom. The number of halogens is 3. The van der Waals surface area contributed by atoms with Crippen molar-refractivity contribution in [2.45, 2.75) is 6.92 Å². The van der Waals surface area contributed by atoms with E-state index in [1.165, 1.54) is 19.1 Å². The van der Waals surface area contributed by atoms with E-state index in [2.05, 4.69) is 0 Å². The molecule has 0 fully saturated rings. The van der Waals surface area contributed by atoms with Gasteiger partial charge >= 0.3 is 79.0 Å². The molecule has 0 saturated carbocycles. The van der Waals surface area contributed by atoms with E-state index >= 15 is 0 Å². The van der Waals surface area contributed by atoms with Crippen LogP contribution in [0.5, 0.6) is 0 Å². The summed E-state index contributed by atoms with van der Waals surface area (Å²) in [7, 11) is 0. The molecule has 1 aromatic rings. The third kappa shape index (κ3) is 2.61. The zero-order valence-electron chi connectivity index (χ0n) is 7.08. The molecule has 13 heavy (non-hydrogen) atoms. The van der Waals surface area contributed by atoms with E-state index in [0.29, 0.717) is 0 Å². The third-order valence-corrected chi connectivity index (χ3v) is 5.94. The van der Waals surface area contributed by atoms with Crippen LogP contribution in [-0.2, 0) is 0 Å². The molecule has 0 N–H and O–H groups in total. The molecule has 74 valence electrons. The van der Waals surface area contributed by atoms with Crippen LogP contribution in [0.4, 0.5) is 12.6 Å². The Labute approximate surface area is 79.6 Å². The number of benzene rings is 1. The van der Waals surface area contributed by atoms with Crippen LogP contribution in [-0.4, -0.2) is 5.75 Å². The van der Waals surface area contributed by atoms with E-state index < -0.39 is 12.0 Å². The summed E-state index contributed by atoms with van der Waals surface area (Å²) in [4.78, 5) is 0. The molecule has 0 atom stereocenters. The van der Waals surface area contributed by atoms with Gasteiger partial charge in [-0.3, -0.25) is 0 Å². The van der Waals surface area contributed by atoms with E-state index in [4.69, 9.17) is 0 Å². The predicted octanol–water partition coefficient (Wildman–Crippen LogP) is 4.19. The van der Waals surface area contributed by atoms with Gasteiger partial charge in [-0.2, -0.15) is 0 Å². The zero-order chi connectivity index (χ0) is 9.97. The molecule has 0 nitrogen and oxygen atoms in total. The van der Waals surface area contributed by atoms with Crippen molar-refractivity contribution >= 4 is 23.4 Å². The quantitative estimate of drug-likeness (QED) is 0.696. The SMILES string of the molecule is CCSP(F)(F)(F)c1ccccc1. The van der Waals surface area contributed by atoms with Gasteiger partial charge in [0, 0.05) is 0 Å². The van der Waals surface area contributed by atoms with Gasteiger partial charge < -0.3 is 0 Å². The minimum absolute atomic E-state index is 0.0796. The van der Waals surface area contributed by atoms with Crippen LogP contribution >= 0.6 is 18.1 Å². The summed E-state index contributed by atoms with van der Waals surface area (Å²) in [5.41, 5.74) is 0. The second kappa shape index (κ2) is 3.50. The number of hydrogen-bond acceptors (Lipinski definition) is 1. The fourth-order valence-corrected chi connectivity index (χ4v) is 4.22. The topological polar surface area (TPSA) is 0 Å². The fourth-order valence-electron chi connectivity index (χ4n) is 0.943. The fraction of sp³-hybridized carbons (Fsp3) is 0.250. The van der Waals surface area contributed by atoms with Gasteiger partial charge in [-0.1, -0.05) is 0 Å². The Hall–Kier alpha value is -0.210. The van der Waals surface area contributed by atoms with Crippen LogP contribution in [0.3, 0.4) is 0 Å². The zero-order valence-corrected chi connectivity index (χ0v) is 8.79. The van der Waals surface area contributed by atoms with E-state index in [-0.39, 0.29) is 17.1 Å². The van der Waals surface area contributed by atoms with Gasteiger partial charge in [0.1, 0.15) is 0 Å². The van der Waals surface area contributed by atoms with Crippen molar-refractivity contribution in [1.82, 2.24) is 0 Å². The predicted molar refractivity (Wildman–Crippen MR) is 54.5 cm³/mol.